The first-order valence-corrected chi connectivity index (χ1v) is 3.85. The number of nitriles is 1. The van der Waals surface area contributed by atoms with Gasteiger partial charge in [0.2, 0.25) is 0 Å². The molecule has 0 saturated carbocycles. The number of allylic oxidation sites excluding steroid dienone is 1. The lowest BCUT2D eigenvalue weighted by molar-refractivity contribution is 0.405. The summed E-state index contributed by atoms with van der Waals surface area (Å²) in [6, 6.07) is 3.78. The van der Waals surface area contributed by atoms with E-state index in [4.69, 9.17) is 9.78 Å². The molecule has 0 aliphatic carbocycles. The van der Waals surface area contributed by atoms with Crippen LogP contribution >= 0.6 is 0 Å². The Morgan fingerprint density at radius 3 is 2.77 bits per heavy atom. The van der Waals surface area contributed by atoms with Crippen molar-refractivity contribution in [3.63, 3.8) is 0 Å². The summed E-state index contributed by atoms with van der Waals surface area (Å²) in [5, 5.41) is 12.5. The lowest BCUT2D eigenvalue weighted by Crippen LogP contribution is -2.01. The highest BCUT2D eigenvalue weighted by Gasteiger charge is 2.06. The van der Waals surface area contributed by atoms with Crippen molar-refractivity contribution in [3.8, 4) is 6.07 Å². The lowest BCUT2D eigenvalue weighted by Gasteiger charge is -2.03. The van der Waals surface area contributed by atoms with Gasteiger partial charge in [-0.05, 0) is 6.92 Å². The zero-order chi connectivity index (χ0) is 9.84. The molecule has 0 saturated heterocycles. The molecule has 1 rings (SSSR count). The first-order valence-electron chi connectivity index (χ1n) is 3.85. The van der Waals surface area contributed by atoms with Gasteiger partial charge >= 0.3 is 0 Å². The van der Waals surface area contributed by atoms with E-state index in [2.05, 4.69) is 5.16 Å². The molecular formula is C9H11N3O. The Morgan fingerprint density at radius 2 is 2.38 bits per heavy atom. The molecule has 4 heteroatoms. The molecule has 1 aromatic rings. The number of aromatic nitrogens is 1. The lowest BCUT2D eigenvalue weighted by atomic mass is 10.2. The number of nitrogens with zero attached hydrogens (tertiary/aromatic N) is 3. The predicted molar refractivity (Wildman–Crippen MR) is 48.5 cm³/mol. The van der Waals surface area contributed by atoms with E-state index in [1.54, 1.807) is 17.2 Å². The van der Waals surface area contributed by atoms with Crippen LogP contribution in [0.1, 0.15) is 11.5 Å². The summed E-state index contributed by atoms with van der Waals surface area (Å²) in [6.07, 6.45) is 1.69. The average molecular weight is 177 g/mol. The van der Waals surface area contributed by atoms with Crippen molar-refractivity contribution in [1.82, 2.24) is 10.1 Å². The third-order valence-corrected chi connectivity index (χ3v) is 1.40. The number of hydrogen-bond donors (Lipinski definition) is 0. The van der Waals surface area contributed by atoms with Crippen LogP contribution in [0.4, 0.5) is 0 Å². The highest BCUT2D eigenvalue weighted by Crippen LogP contribution is 2.14. The molecule has 0 aromatic carbocycles. The minimum absolute atomic E-state index is 0.477. The van der Waals surface area contributed by atoms with Crippen molar-refractivity contribution in [2.75, 3.05) is 14.1 Å². The quantitative estimate of drug-likeness (QED) is 0.641. The maximum Gasteiger partial charge on any atom is 0.179 e. The van der Waals surface area contributed by atoms with Gasteiger partial charge in [0.05, 0.1) is 5.69 Å². The minimum Gasteiger partial charge on any atom is -0.382 e. The number of hydrogen-bond acceptors (Lipinski definition) is 4. The fourth-order valence-electron chi connectivity index (χ4n) is 0.896. The van der Waals surface area contributed by atoms with Gasteiger partial charge in [-0.15, -0.1) is 0 Å². The summed E-state index contributed by atoms with van der Waals surface area (Å²) in [5.74, 6) is 0.508. The summed E-state index contributed by atoms with van der Waals surface area (Å²) in [5.41, 5.74) is 1.25. The first kappa shape index (κ1) is 9.33. The molecule has 0 spiro atoms. The molecule has 4 nitrogen and oxygen atoms in total. The van der Waals surface area contributed by atoms with Crippen LogP contribution in [0.25, 0.3) is 5.57 Å². The van der Waals surface area contributed by atoms with Gasteiger partial charge in [0.15, 0.2) is 5.76 Å². The Hall–Kier alpha value is -1.76. The molecule has 0 amide bonds. The van der Waals surface area contributed by atoms with E-state index in [0.717, 1.165) is 5.69 Å². The summed E-state index contributed by atoms with van der Waals surface area (Å²) >= 11 is 0. The molecule has 0 aliphatic rings. The molecule has 0 aliphatic heterocycles. The molecule has 1 heterocycles. The number of aryl methyl sites for hydroxylation is 1. The fraction of sp³-hybridized carbons (Fsp3) is 0.333. The van der Waals surface area contributed by atoms with Gasteiger partial charge in [-0.25, -0.2) is 0 Å². The van der Waals surface area contributed by atoms with Crippen LogP contribution in [0.3, 0.4) is 0 Å². The molecule has 0 atom stereocenters. The second-order valence-corrected chi connectivity index (χ2v) is 2.95. The second kappa shape index (κ2) is 3.76. The summed E-state index contributed by atoms with van der Waals surface area (Å²) in [4.78, 5) is 1.79. The van der Waals surface area contributed by atoms with E-state index >= 15 is 0 Å². The van der Waals surface area contributed by atoms with E-state index in [-0.39, 0.29) is 0 Å². The Labute approximate surface area is 77.0 Å². The normalized spacial score (nSPS) is 11.1. The van der Waals surface area contributed by atoms with Gasteiger partial charge in [0.1, 0.15) is 11.6 Å². The molecule has 13 heavy (non-hydrogen) atoms. The molecule has 1 aromatic heterocycles. The SMILES string of the molecule is Cc1cc(/C(C#N)=C\N(C)C)on1. The third-order valence-electron chi connectivity index (χ3n) is 1.40. The van der Waals surface area contributed by atoms with Crippen molar-refractivity contribution >= 4 is 5.57 Å². The standard InChI is InChI=1S/C9H11N3O/c1-7-4-9(13-11-7)8(5-10)6-12(2)3/h4,6H,1-3H3/b8-6-. The van der Waals surface area contributed by atoms with Crippen molar-refractivity contribution in [2.24, 2.45) is 0 Å². The zero-order valence-electron chi connectivity index (χ0n) is 7.90. The molecular weight excluding hydrogens is 166 g/mol. The smallest absolute Gasteiger partial charge is 0.179 e. The van der Waals surface area contributed by atoms with Gasteiger partial charge < -0.3 is 9.42 Å². The maximum absolute atomic E-state index is 8.80. The molecule has 0 unspecified atom stereocenters. The Bertz CT molecular complexity index is 357. The van der Waals surface area contributed by atoms with Crippen LogP contribution in [0.2, 0.25) is 0 Å². The second-order valence-electron chi connectivity index (χ2n) is 2.95. The van der Waals surface area contributed by atoms with E-state index in [0.29, 0.717) is 11.3 Å². The predicted octanol–water partition coefficient (Wildman–Crippen LogP) is 1.41. The molecule has 0 radical (unpaired) electrons. The van der Waals surface area contributed by atoms with Crippen LogP contribution in [0.5, 0.6) is 0 Å². The van der Waals surface area contributed by atoms with Crippen molar-refractivity contribution in [2.45, 2.75) is 6.92 Å². The topological polar surface area (TPSA) is 53.1 Å². The summed E-state index contributed by atoms with van der Waals surface area (Å²) < 4.78 is 4.95. The highest BCUT2D eigenvalue weighted by atomic mass is 16.5. The highest BCUT2D eigenvalue weighted by molar-refractivity contribution is 5.73. The summed E-state index contributed by atoms with van der Waals surface area (Å²) in [7, 11) is 3.70. The monoisotopic (exact) mass is 177 g/mol. The molecule has 0 fully saturated rings. The third kappa shape index (κ3) is 2.34. The van der Waals surface area contributed by atoms with Gasteiger partial charge in [-0.2, -0.15) is 5.26 Å². The van der Waals surface area contributed by atoms with E-state index in [1.165, 1.54) is 0 Å². The van der Waals surface area contributed by atoms with E-state index < -0.39 is 0 Å². The van der Waals surface area contributed by atoms with Crippen LogP contribution in [-0.2, 0) is 0 Å². The van der Waals surface area contributed by atoms with Crippen LogP contribution < -0.4 is 0 Å². The Kier molecular flexibility index (Phi) is 2.70. The Morgan fingerprint density at radius 1 is 1.69 bits per heavy atom. The molecule has 0 bridgehead atoms. The van der Waals surface area contributed by atoms with Gasteiger partial charge in [-0.3, -0.25) is 0 Å². The largest absolute Gasteiger partial charge is 0.382 e. The van der Waals surface area contributed by atoms with Gasteiger partial charge in [0.25, 0.3) is 0 Å². The van der Waals surface area contributed by atoms with Crippen LogP contribution in [0, 0.1) is 18.3 Å². The van der Waals surface area contributed by atoms with Crippen molar-refractivity contribution in [3.05, 3.63) is 23.7 Å². The maximum atomic E-state index is 8.80. The first-order chi connectivity index (χ1) is 6.13. The van der Waals surface area contributed by atoms with E-state index in [1.807, 2.05) is 27.1 Å². The molecule has 0 N–H and O–H groups in total. The number of rotatable bonds is 2. The van der Waals surface area contributed by atoms with Crippen LogP contribution in [-0.4, -0.2) is 24.2 Å². The minimum atomic E-state index is 0.477. The van der Waals surface area contributed by atoms with Gasteiger partial charge in [-0.1, -0.05) is 5.16 Å². The van der Waals surface area contributed by atoms with Gasteiger partial charge in [0, 0.05) is 26.4 Å². The van der Waals surface area contributed by atoms with E-state index in [9.17, 15) is 0 Å². The average Bonchev–Trinajstić information content (AvgIpc) is 2.47. The fourth-order valence-corrected chi connectivity index (χ4v) is 0.896. The van der Waals surface area contributed by atoms with Crippen molar-refractivity contribution < 1.29 is 4.52 Å². The molecule has 68 valence electrons. The van der Waals surface area contributed by atoms with Crippen molar-refractivity contribution in [1.29, 1.82) is 5.26 Å². The summed E-state index contributed by atoms with van der Waals surface area (Å²) in [6.45, 7) is 1.82. The zero-order valence-corrected chi connectivity index (χ0v) is 7.90. The van der Waals surface area contributed by atoms with Crippen LogP contribution in [0.15, 0.2) is 16.8 Å². The Balaban J connectivity index is 2.99.